The van der Waals surface area contributed by atoms with Gasteiger partial charge in [0.25, 0.3) is 0 Å². The van der Waals surface area contributed by atoms with Crippen LogP contribution in [0.2, 0.25) is 0 Å². The fraction of sp³-hybridized carbons (Fsp3) is 0.221. The molecule has 0 bridgehead atoms. The zero-order valence-corrected chi connectivity index (χ0v) is 44.6. The first-order valence-electron chi connectivity index (χ1n) is 25.8. The van der Waals surface area contributed by atoms with Crippen molar-refractivity contribution in [2.24, 2.45) is 0 Å². The quantitative estimate of drug-likeness (QED) is 0.159. The summed E-state index contributed by atoms with van der Waals surface area (Å²) in [5.74, 6) is 2.37. The molecule has 0 saturated heterocycles. The lowest BCUT2D eigenvalue weighted by Crippen LogP contribution is -2.25. The van der Waals surface area contributed by atoms with Crippen LogP contribution in [0, 0.1) is 41.5 Å². The summed E-state index contributed by atoms with van der Waals surface area (Å²) in [6, 6.07) is 60.1. The molecule has 2 aliphatic rings. The first kappa shape index (κ1) is 47.4. The van der Waals surface area contributed by atoms with Crippen LogP contribution >= 0.6 is 0 Å². The van der Waals surface area contributed by atoms with Crippen molar-refractivity contribution < 1.29 is 4.74 Å². The SMILES string of the molecule is Cc1cc(C)c(-c2cc(C(C)(C)C)cc(-c3c(C)cc(C)cc3C)c2N2CN(c3cccc(Oc4ccc5c(c4)N(c4cc(C(C)(C)C)ccn4)c4ccccc4-c4ccccc4-5)c3)c3ccccc32)c(C)c1. The number of pyridine rings is 1. The average molecular weight is 955 g/mol. The van der Waals surface area contributed by atoms with Crippen LogP contribution in [0.5, 0.6) is 11.5 Å². The summed E-state index contributed by atoms with van der Waals surface area (Å²) in [6.07, 6.45) is 1.94. The number of ether oxygens (including phenoxy) is 1. The molecular formula is C68H66N4O. The lowest BCUT2D eigenvalue weighted by atomic mass is 9.79. The van der Waals surface area contributed by atoms with Crippen molar-refractivity contribution in [1.82, 2.24) is 4.98 Å². The number of hydrogen-bond donors (Lipinski definition) is 0. The molecule has 73 heavy (non-hydrogen) atoms. The minimum absolute atomic E-state index is 0.0580. The van der Waals surface area contributed by atoms with Crippen molar-refractivity contribution >= 4 is 39.9 Å². The number of hydrogen-bond acceptors (Lipinski definition) is 5. The summed E-state index contributed by atoms with van der Waals surface area (Å²) in [5, 5.41) is 0. The fourth-order valence-electron chi connectivity index (χ4n) is 11.6. The first-order valence-corrected chi connectivity index (χ1v) is 25.8. The van der Waals surface area contributed by atoms with Crippen molar-refractivity contribution in [3.63, 3.8) is 0 Å². The Balaban J connectivity index is 1.04. The van der Waals surface area contributed by atoms with Crippen LogP contribution in [0.25, 0.3) is 44.5 Å². The molecular weight excluding hydrogens is 889 g/mol. The van der Waals surface area contributed by atoms with Gasteiger partial charge in [0.05, 0.1) is 28.4 Å². The normalized spacial score (nSPS) is 13.1. The van der Waals surface area contributed by atoms with E-state index in [0.717, 1.165) is 51.2 Å². The van der Waals surface area contributed by atoms with Gasteiger partial charge in [-0.2, -0.15) is 0 Å². The maximum Gasteiger partial charge on any atom is 0.137 e. The molecule has 0 fully saturated rings. The topological polar surface area (TPSA) is 31.8 Å². The average Bonchev–Trinajstić information content (AvgIpc) is 3.67. The predicted molar refractivity (Wildman–Crippen MR) is 309 cm³/mol. The molecule has 9 aromatic rings. The Morgan fingerprint density at radius 3 is 1.49 bits per heavy atom. The summed E-state index contributed by atoms with van der Waals surface area (Å²) in [4.78, 5) is 12.4. The fourth-order valence-corrected chi connectivity index (χ4v) is 11.6. The molecule has 11 rings (SSSR count). The molecule has 5 nitrogen and oxygen atoms in total. The van der Waals surface area contributed by atoms with Gasteiger partial charge in [0.1, 0.15) is 24.0 Å². The van der Waals surface area contributed by atoms with Gasteiger partial charge in [0, 0.05) is 46.3 Å². The molecule has 0 saturated carbocycles. The largest absolute Gasteiger partial charge is 0.457 e. The van der Waals surface area contributed by atoms with E-state index < -0.39 is 0 Å². The van der Waals surface area contributed by atoms with Crippen molar-refractivity contribution in [3.8, 4) is 56.0 Å². The van der Waals surface area contributed by atoms with E-state index in [9.17, 15) is 0 Å². The molecule has 8 aromatic carbocycles. The zero-order valence-electron chi connectivity index (χ0n) is 44.6. The molecule has 5 heteroatoms. The highest BCUT2D eigenvalue weighted by molar-refractivity contribution is 6.03. The van der Waals surface area contributed by atoms with Gasteiger partial charge in [0.2, 0.25) is 0 Å². The highest BCUT2D eigenvalue weighted by Crippen LogP contribution is 2.55. The Morgan fingerprint density at radius 1 is 0.411 bits per heavy atom. The number of anilines is 7. The lowest BCUT2D eigenvalue weighted by Gasteiger charge is -2.32. The van der Waals surface area contributed by atoms with Crippen LogP contribution in [0.15, 0.2) is 170 Å². The van der Waals surface area contributed by atoms with Crippen LogP contribution in [0.4, 0.5) is 39.9 Å². The highest BCUT2D eigenvalue weighted by Gasteiger charge is 2.35. The molecule has 2 aliphatic heterocycles. The number of fused-ring (bicyclic) bond motifs is 6. The molecule has 0 unspecified atom stereocenters. The Kier molecular flexibility index (Phi) is 11.7. The maximum absolute atomic E-state index is 7.01. The van der Waals surface area contributed by atoms with Gasteiger partial charge in [-0.1, -0.05) is 138 Å². The molecule has 0 amide bonds. The summed E-state index contributed by atoms with van der Waals surface area (Å²) >= 11 is 0. The molecule has 0 N–H and O–H groups in total. The van der Waals surface area contributed by atoms with Gasteiger partial charge in [-0.3, -0.25) is 4.90 Å². The second kappa shape index (κ2) is 18.0. The smallest absolute Gasteiger partial charge is 0.137 e. The van der Waals surface area contributed by atoms with Gasteiger partial charge in [0.15, 0.2) is 0 Å². The standard InChI is InChI=1S/C68H66N4O/c1-42-32-44(3)64(45(4)33-42)57-36-49(68(10,11)12)37-58(65-46(5)34-43(2)35-47(65)6)66(57)71-41-70(60-26-17-18-27-61(60)71)50-20-19-21-51(39-50)73-52-28-29-56-54-23-14-13-22-53(54)55-24-15-16-25-59(55)72(62(56)40-52)63-38-48(30-31-69-63)67(7,8)9/h13-40H,41H2,1-12H3. The van der Waals surface area contributed by atoms with Gasteiger partial charge in [-0.05, 0) is 175 Å². The summed E-state index contributed by atoms with van der Waals surface area (Å²) in [7, 11) is 0. The molecule has 0 aliphatic carbocycles. The Morgan fingerprint density at radius 2 is 0.918 bits per heavy atom. The molecule has 0 atom stereocenters. The number of para-hydroxylation sites is 3. The second-order valence-corrected chi connectivity index (χ2v) is 22.5. The molecule has 0 radical (unpaired) electrons. The van der Waals surface area contributed by atoms with Gasteiger partial charge < -0.3 is 14.5 Å². The van der Waals surface area contributed by atoms with Gasteiger partial charge in [-0.25, -0.2) is 4.98 Å². The lowest BCUT2D eigenvalue weighted by molar-refractivity contribution is 0.483. The van der Waals surface area contributed by atoms with E-state index in [-0.39, 0.29) is 10.8 Å². The number of aromatic nitrogens is 1. The molecule has 3 heterocycles. The minimum atomic E-state index is -0.0881. The molecule has 0 spiro atoms. The van der Waals surface area contributed by atoms with Crippen molar-refractivity contribution in [1.29, 1.82) is 0 Å². The van der Waals surface area contributed by atoms with Crippen LogP contribution < -0.4 is 19.4 Å². The van der Waals surface area contributed by atoms with E-state index in [4.69, 9.17) is 9.72 Å². The van der Waals surface area contributed by atoms with E-state index >= 15 is 0 Å². The maximum atomic E-state index is 7.01. The van der Waals surface area contributed by atoms with E-state index in [2.05, 4.69) is 262 Å². The number of nitrogens with zero attached hydrogens (tertiary/aromatic N) is 4. The number of aryl methyl sites for hydroxylation is 6. The minimum Gasteiger partial charge on any atom is -0.457 e. The Hall–Kier alpha value is -7.89. The molecule has 364 valence electrons. The van der Waals surface area contributed by atoms with E-state index in [0.29, 0.717) is 6.67 Å². The third-order valence-electron chi connectivity index (χ3n) is 15.0. The van der Waals surface area contributed by atoms with Gasteiger partial charge >= 0.3 is 0 Å². The summed E-state index contributed by atoms with van der Waals surface area (Å²) in [5.41, 5.74) is 26.5. The van der Waals surface area contributed by atoms with E-state index in [1.165, 1.54) is 89.3 Å². The zero-order chi connectivity index (χ0) is 51.1. The molecule has 1 aromatic heterocycles. The van der Waals surface area contributed by atoms with Crippen LogP contribution in [0.1, 0.15) is 86.1 Å². The van der Waals surface area contributed by atoms with Crippen molar-refractivity contribution in [2.45, 2.75) is 93.9 Å². The first-order chi connectivity index (χ1) is 34.9. The van der Waals surface area contributed by atoms with Gasteiger partial charge in [-0.15, -0.1) is 0 Å². The van der Waals surface area contributed by atoms with Crippen LogP contribution in [0.3, 0.4) is 0 Å². The van der Waals surface area contributed by atoms with Crippen molar-refractivity contribution in [2.75, 3.05) is 21.4 Å². The van der Waals surface area contributed by atoms with Crippen LogP contribution in [-0.2, 0) is 10.8 Å². The number of benzene rings is 8. The predicted octanol–water partition coefficient (Wildman–Crippen LogP) is 19.0. The second-order valence-electron chi connectivity index (χ2n) is 22.5. The van der Waals surface area contributed by atoms with Crippen LogP contribution in [-0.4, -0.2) is 11.7 Å². The van der Waals surface area contributed by atoms with Crippen molar-refractivity contribution in [3.05, 3.63) is 214 Å². The van der Waals surface area contributed by atoms with E-state index in [1.54, 1.807) is 0 Å². The highest BCUT2D eigenvalue weighted by atomic mass is 16.5. The monoisotopic (exact) mass is 955 g/mol. The number of rotatable bonds is 7. The third kappa shape index (κ3) is 8.55. The summed E-state index contributed by atoms with van der Waals surface area (Å²) in [6.45, 7) is 27.9. The summed E-state index contributed by atoms with van der Waals surface area (Å²) < 4.78 is 7.01. The Labute approximate surface area is 433 Å². The Bertz CT molecular complexity index is 3520. The van der Waals surface area contributed by atoms with E-state index in [1.807, 2.05) is 6.20 Å². The third-order valence-corrected chi connectivity index (χ3v) is 15.0.